The molecule has 0 aromatic carbocycles. The van der Waals surface area contributed by atoms with Crippen LogP contribution in [-0.2, 0) is 11.2 Å². The summed E-state index contributed by atoms with van der Waals surface area (Å²) in [4.78, 5) is 13.0. The number of hydrogen-bond acceptors (Lipinski definition) is 1. The van der Waals surface area contributed by atoms with Gasteiger partial charge in [-0.25, -0.2) is 4.79 Å². The van der Waals surface area contributed by atoms with Crippen LogP contribution in [0.1, 0.15) is 5.69 Å². The monoisotopic (exact) mass is 151 g/mol. The summed E-state index contributed by atoms with van der Waals surface area (Å²) in [5.74, 6) is -0.906. The number of rotatable bonds is 3. The second-order valence-electron chi connectivity index (χ2n) is 2.14. The standard InChI is InChI=1S/C8H9NO2/c10-8(11)5-1-3-7-4-2-6-9-7/h1-2,4-6,9H,3H2,(H,10,11). The maximum atomic E-state index is 10.0. The molecule has 0 radical (unpaired) electrons. The van der Waals surface area contributed by atoms with Crippen molar-refractivity contribution in [2.24, 2.45) is 0 Å². The Morgan fingerprint density at radius 1 is 1.73 bits per heavy atom. The van der Waals surface area contributed by atoms with Crippen molar-refractivity contribution in [2.45, 2.75) is 6.42 Å². The summed E-state index contributed by atoms with van der Waals surface area (Å²) in [5.41, 5.74) is 1.02. The molecule has 0 spiro atoms. The molecule has 0 unspecified atom stereocenters. The second-order valence-corrected chi connectivity index (χ2v) is 2.14. The fraction of sp³-hybridized carbons (Fsp3) is 0.125. The Bertz CT molecular complexity index is 249. The number of carboxylic acids is 1. The molecule has 1 aromatic heterocycles. The number of hydrogen-bond donors (Lipinski definition) is 2. The molecule has 11 heavy (non-hydrogen) atoms. The van der Waals surface area contributed by atoms with Gasteiger partial charge in [0.15, 0.2) is 0 Å². The molecule has 0 saturated carbocycles. The first-order valence-electron chi connectivity index (χ1n) is 3.31. The minimum absolute atomic E-state index is 0.638. The van der Waals surface area contributed by atoms with E-state index in [0.717, 1.165) is 11.8 Å². The summed E-state index contributed by atoms with van der Waals surface area (Å²) in [5, 5.41) is 8.25. The molecule has 2 N–H and O–H groups in total. The third-order valence-corrected chi connectivity index (χ3v) is 1.26. The third kappa shape index (κ3) is 2.71. The zero-order valence-corrected chi connectivity index (χ0v) is 5.95. The fourth-order valence-electron chi connectivity index (χ4n) is 0.781. The van der Waals surface area contributed by atoms with Crippen molar-refractivity contribution < 1.29 is 9.90 Å². The molecule has 3 heteroatoms. The number of nitrogens with one attached hydrogen (secondary N) is 1. The van der Waals surface area contributed by atoms with E-state index in [1.165, 1.54) is 0 Å². The van der Waals surface area contributed by atoms with Gasteiger partial charge in [0, 0.05) is 24.4 Å². The van der Waals surface area contributed by atoms with Crippen molar-refractivity contribution in [3.8, 4) is 0 Å². The average molecular weight is 151 g/mol. The van der Waals surface area contributed by atoms with Crippen LogP contribution in [0, 0.1) is 0 Å². The summed E-state index contributed by atoms with van der Waals surface area (Å²) in [6.07, 6.45) is 5.19. The largest absolute Gasteiger partial charge is 0.478 e. The summed E-state index contributed by atoms with van der Waals surface area (Å²) in [6, 6.07) is 3.79. The lowest BCUT2D eigenvalue weighted by Gasteiger charge is -1.86. The van der Waals surface area contributed by atoms with Crippen LogP contribution >= 0.6 is 0 Å². The van der Waals surface area contributed by atoms with Gasteiger partial charge in [-0.1, -0.05) is 6.08 Å². The average Bonchev–Trinajstić information content (AvgIpc) is 2.39. The van der Waals surface area contributed by atoms with E-state index in [0.29, 0.717) is 6.42 Å². The number of aliphatic carboxylic acids is 1. The van der Waals surface area contributed by atoms with Gasteiger partial charge >= 0.3 is 5.97 Å². The summed E-state index contributed by atoms with van der Waals surface area (Å²) in [6.45, 7) is 0. The van der Waals surface area contributed by atoms with Gasteiger partial charge in [0.05, 0.1) is 0 Å². The molecule has 0 saturated heterocycles. The highest BCUT2D eigenvalue weighted by molar-refractivity contribution is 5.79. The number of aromatic nitrogens is 1. The third-order valence-electron chi connectivity index (χ3n) is 1.26. The van der Waals surface area contributed by atoms with E-state index < -0.39 is 5.97 Å². The minimum atomic E-state index is -0.906. The van der Waals surface area contributed by atoms with Crippen molar-refractivity contribution in [2.75, 3.05) is 0 Å². The van der Waals surface area contributed by atoms with Crippen molar-refractivity contribution in [1.82, 2.24) is 4.98 Å². The van der Waals surface area contributed by atoms with E-state index in [2.05, 4.69) is 4.98 Å². The topological polar surface area (TPSA) is 53.1 Å². The molecule has 1 aromatic rings. The Kier molecular flexibility index (Phi) is 2.49. The van der Waals surface area contributed by atoms with Crippen LogP contribution < -0.4 is 0 Å². The second kappa shape index (κ2) is 3.61. The Morgan fingerprint density at radius 2 is 2.55 bits per heavy atom. The molecule has 0 bridgehead atoms. The Morgan fingerprint density at radius 3 is 3.09 bits per heavy atom. The number of aromatic amines is 1. The lowest BCUT2D eigenvalue weighted by atomic mass is 10.3. The smallest absolute Gasteiger partial charge is 0.327 e. The van der Waals surface area contributed by atoms with E-state index in [1.807, 2.05) is 18.3 Å². The van der Waals surface area contributed by atoms with Gasteiger partial charge in [0.1, 0.15) is 0 Å². The molecule has 0 aliphatic heterocycles. The molecule has 58 valence electrons. The summed E-state index contributed by atoms with van der Waals surface area (Å²) in [7, 11) is 0. The van der Waals surface area contributed by atoms with Gasteiger partial charge in [0.25, 0.3) is 0 Å². The fourth-order valence-corrected chi connectivity index (χ4v) is 0.781. The maximum absolute atomic E-state index is 10.0. The molecule has 1 rings (SSSR count). The maximum Gasteiger partial charge on any atom is 0.327 e. The first kappa shape index (κ1) is 7.60. The molecule has 3 nitrogen and oxygen atoms in total. The Labute approximate surface area is 64.4 Å². The molecule has 0 amide bonds. The van der Waals surface area contributed by atoms with Gasteiger partial charge in [-0.2, -0.15) is 0 Å². The number of H-pyrrole nitrogens is 1. The highest BCUT2D eigenvalue weighted by atomic mass is 16.4. The van der Waals surface area contributed by atoms with Gasteiger partial charge in [-0.05, 0) is 12.1 Å². The Hall–Kier alpha value is -1.51. The minimum Gasteiger partial charge on any atom is -0.478 e. The summed E-state index contributed by atoms with van der Waals surface area (Å²) >= 11 is 0. The predicted molar refractivity (Wildman–Crippen MR) is 41.3 cm³/mol. The number of carbonyl (C=O) groups is 1. The lowest BCUT2D eigenvalue weighted by Crippen LogP contribution is -1.87. The van der Waals surface area contributed by atoms with Crippen LogP contribution in [0.25, 0.3) is 0 Å². The van der Waals surface area contributed by atoms with Crippen LogP contribution in [0.3, 0.4) is 0 Å². The van der Waals surface area contributed by atoms with E-state index >= 15 is 0 Å². The molecule has 0 aliphatic rings. The van der Waals surface area contributed by atoms with Crippen molar-refractivity contribution in [3.63, 3.8) is 0 Å². The molecule has 0 fully saturated rings. The molecule has 0 atom stereocenters. The van der Waals surface area contributed by atoms with Gasteiger partial charge < -0.3 is 10.1 Å². The van der Waals surface area contributed by atoms with Gasteiger partial charge in [-0.3, -0.25) is 0 Å². The molecular formula is C8H9NO2. The van der Waals surface area contributed by atoms with Crippen LogP contribution in [0.15, 0.2) is 30.5 Å². The van der Waals surface area contributed by atoms with E-state index in [-0.39, 0.29) is 0 Å². The van der Waals surface area contributed by atoms with Crippen LogP contribution in [0.2, 0.25) is 0 Å². The normalized spacial score (nSPS) is 10.5. The van der Waals surface area contributed by atoms with Crippen molar-refractivity contribution in [1.29, 1.82) is 0 Å². The quantitative estimate of drug-likeness (QED) is 0.638. The van der Waals surface area contributed by atoms with Crippen molar-refractivity contribution in [3.05, 3.63) is 36.2 Å². The van der Waals surface area contributed by atoms with Crippen molar-refractivity contribution >= 4 is 5.97 Å². The zero-order chi connectivity index (χ0) is 8.10. The predicted octanol–water partition coefficient (Wildman–Crippen LogP) is 1.20. The van der Waals surface area contributed by atoms with Crippen LogP contribution in [0.4, 0.5) is 0 Å². The lowest BCUT2D eigenvalue weighted by molar-refractivity contribution is -0.131. The molecular weight excluding hydrogens is 142 g/mol. The molecule has 1 heterocycles. The first-order valence-corrected chi connectivity index (χ1v) is 3.31. The van der Waals surface area contributed by atoms with E-state index in [4.69, 9.17) is 5.11 Å². The number of allylic oxidation sites excluding steroid dienone is 1. The SMILES string of the molecule is O=C(O)C=CCc1ccc[nH]1. The van der Waals surface area contributed by atoms with Crippen LogP contribution in [0.5, 0.6) is 0 Å². The summed E-state index contributed by atoms with van der Waals surface area (Å²) < 4.78 is 0. The van der Waals surface area contributed by atoms with Gasteiger partial charge in [0.2, 0.25) is 0 Å². The zero-order valence-electron chi connectivity index (χ0n) is 5.95. The Balaban J connectivity index is 2.40. The van der Waals surface area contributed by atoms with E-state index in [9.17, 15) is 4.79 Å². The van der Waals surface area contributed by atoms with Gasteiger partial charge in [-0.15, -0.1) is 0 Å². The first-order chi connectivity index (χ1) is 5.29. The molecule has 0 aliphatic carbocycles. The van der Waals surface area contributed by atoms with E-state index in [1.54, 1.807) is 6.08 Å². The highest BCUT2D eigenvalue weighted by Crippen LogP contribution is 1.95. The van der Waals surface area contributed by atoms with Crippen LogP contribution in [-0.4, -0.2) is 16.1 Å². The number of carboxylic acid groups (broad SMARTS) is 1. The highest BCUT2D eigenvalue weighted by Gasteiger charge is 1.88.